The van der Waals surface area contributed by atoms with Crippen LogP contribution in [0.5, 0.6) is 0 Å². The highest BCUT2D eigenvalue weighted by atomic mass is 19.1. The third-order valence-electron chi connectivity index (χ3n) is 6.65. The number of nitrogens with zero attached hydrogens (tertiary/aromatic N) is 3. The van der Waals surface area contributed by atoms with Gasteiger partial charge in [0.15, 0.2) is 0 Å². The summed E-state index contributed by atoms with van der Waals surface area (Å²) in [7, 11) is 0. The van der Waals surface area contributed by atoms with E-state index in [0.717, 1.165) is 56.6 Å². The van der Waals surface area contributed by atoms with E-state index in [4.69, 9.17) is 0 Å². The molecule has 5 rings (SSSR count). The van der Waals surface area contributed by atoms with E-state index in [2.05, 4.69) is 44.5 Å². The molecule has 0 unspecified atom stereocenters. The van der Waals surface area contributed by atoms with Gasteiger partial charge >= 0.3 is 0 Å². The first-order valence-corrected chi connectivity index (χ1v) is 11.4. The smallest absolute Gasteiger partial charge is 0.223 e. The maximum Gasteiger partial charge on any atom is 0.223 e. The van der Waals surface area contributed by atoms with E-state index >= 15 is 0 Å². The number of carbonyl (C=O) groups is 1. The van der Waals surface area contributed by atoms with Crippen LogP contribution in [0.15, 0.2) is 60.9 Å². The average Bonchev–Trinajstić information content (AvgIpc) is 2.84. The summed E-state index contributed by atoms with van der Waals surface area (Å²) in [4.78, 5) is 23.9. The Morgan fingerprint density at radius 1 is 1.00 bits per heavy atom. The van der Waals surface area contributed by atoms with Crippen molar-refractivity contribution in [2.75, 3.05) is 18.0 Å². The SMILES string of the molecule is O=C(N[C@@H]1CCCc2ccccc21)C1CCN(c2cc(-c3cccc(F)c3)ncn2)CC1. The second kappa shape index (κ2) is 9.07. The summed E-state index contributed by atoms with van der Waals surface area (Å²) in [6, 6.07) is 16.9. The second-order valence-corrected chi connectivity index (χ2v) is 8.69. The van der Waals surface area contributed by atoms with Gasteiger partial charge in [-0.3, -0.25) is 4.79 Å². The van der Waals surface area contributed by atoms with E-state index in [1.54, 1.807) is 6.07 Å². The number of fused-ring (bicyclic) bond motifs is 1. The van der Waals surface area contributed by atoms with Crippen molar-refractivity contribution in [3.8, 4) is 11.3 Å². The number of benzene rings is 2. The maximum absolute atomic E-state index is 13.6. The molecule has 1 fully saturated rings. The van der Waals surface area contributed by atoms with Crippen molar-refractivity contribution in [1.29, 1.82) is 0 Å². The molecule has 32 heavy (non-hydrogen) atoms. The minimum absolute atomic E-state index is 0.0184. The van der Waals surface area contributed by atoms with Gasteiger partial charge in [0.1, 0.15) is 18.0 Å². The maximum atomic E-state index is 13.6. The summed E-state index contributed by atoms with van der Waals surface area (Å²) in [6.07, 6.45) is 6.32. The van der Waals surface area contributed by atoms with Crippen molar-refractivity contribution in [2.24, 2.45) is 5.92 Å². The van der Waals surface area contributed by atoms with Crippen LogP contribution in [-0.2, 0) is 11.2 Å². The van der Waals surface area contributed by atoms with Gasteiger partial charge < -0.3 is 10.2 Å². The Balaban J connectivity index is 1.21. The Morgan fingerprint density at radius 3 is 2.69 bits per heavy atom. The van der Waals surface area contributed by atoms with Gasteiger partial charge in [0, 0.05) is 30.6 Å². The number of halogens is 1. The first kappa shape index (κ1) is 20.6. The number of hydrogen-bond acceptors (Lipinski definition) is 4. The topological polar surface area (TPSA) is 58.1 Å². The molecule has 1 atom stereocenters. The zero-order chi connectivity index (χ0) is 21.9. The van der Waals surface area contributed by atoms with Crippen LogP contribution in [0, 0.1) is 11.7 Å². The Hall–Kier alpha value is -3.28. The lowest BCUT2D eigenvalue weighted by atomic mass is 9.87. The quantitative estimate of drug-likeness (QED) is 0.652. The molecule has 0 saturated carbocycles. The molecule has 0 bridgehead atoms. The molecule has 1 aromatic heterocycles. The third kappa shape index (κ3) is 4.35. The fourth-order valence-corrected chi connectivity index (χ4v) is 4.89. The Kier molecular flexibility index (Phi) is 5.84. The predicted octanol–water partition coefficient (Wildman–Crippen LogP) is 4.69. The molecule has 0 radical (unpaired) electrons. The summed E-state index contributed by atoms with van der Waals surface area (Å²) in [5.41, 5.74) is 4.06. The van der Waals surface area contributed by atoms with E-state index in [9.17, 15) is 9.18 Å². The Morgan fingerprint density at radius 2 is 1.84 bits per heavy atom. The number of anilines is 1. The lowest BCUT2D eigenvalue weighted by molar-refractivity contribution is -0.126. The van der Waals surface area contributed by atoms with Crippen LogP contribution in [0.25, 0.3) is 11.3 Å². The minimum Gasteiger partial charge on any atom is -0.356 e. The monoisotopic (exact) mass is 430 g/mol. The van der Waals surface area contributed by atoms with Crippen LogP contribution in [0.1, 0.15) is 42.9 Å². The lowest BCUT2D eigenvalue weighted by Gasteiger charge is -2.34. The van der Waals surface area contributed by atoms with Gasteiger partial charge in [-0.2, -0.15) is 0 Å². The predicted molar refractivity (Wildman–Crippen MR) is 123 cm³/mol. The molecule has 1 amide bonds. The number of amides is 1. The molecule has 2 heterocycles. The molecule has 164 valence electrons. The molecule has 2 aliphatic rings. The molecule has 1 N–H and O–H groups in total. The van der Waals surface area contributed by atoms with Crippen LogP contribution in [0.3, 0.4) is 0 Å². The zero-order valence-electron chi connectivity index (χ0n) is 18.0. The Bertz CT molecular complexity index is 1110. The average molecular weight is 431 g/mol. The normalized spacial score (nSPS) is 18.8. The van der Waals surface area contributed by atoms with Gasteiger partial charge in [-0.25, -0.2) is 14.4 Å². The van der Waals surface area contributed by atoms with Gasteiger partial charge in [-0.15, -0.1) is 0 Å². The standard InChI is InChI=1S/C26H27FN4O/c27-21-8-3-7-20(15-21)24-16-25(29-17-28-24)31-13-11-19(12-14-31)26(32)30-23-10-4-6-18-5-1-2-9-22(18)23/h1-3,5,7-9,15-17,19,23H,4,6,10-14H2,(H,30,32)/t23-/m1/s1. The van der Waals surface area contributed by atoms with E-state index < -0.39 is 0 Å². The van der Waals surface area contributed by atoms with E-state index in [1.807, 2.05) is 12.1 Å². The van der Waals surface area contributed by atoms with Gasteiger partial charge in [0.25, 0.3) is 0 Å². The van der Waals surface area contributed by atoms with Crippen LogP contribution in [0.2, 0.25) is 0 Å². The van der Waals surface area contributed by atoms with Crippen molar-refractivity contribution < 1.29 is 9.18 Å². The molecular weight excluding hydrogens is 403 g/mol. The molecule has 6 heteroatoms. The number of aromatic nitrogens is 2. The highest BCUT2D eigenvalue weighted by Crippen LogP contribution is 2.31. The number of rotatable bonds is 4. The highest BCUT2D eigenvalue weighted by molar-refractivity contribution is 5.79. The van der Waals surface area contributed by atoms with Crippen molar-refractivity contribution in [1.82, 2.24) is 15.3 Å². The number of aryl methyl sites for hydroxylation is 1. The van der Waals surface area contributed by atoms with Crippen LogP contribution in [-0.4, -0.2) is 29.0 Å². The van der Waals surface area contributed by atoms with Gasteiger partial charge in [-0.05, 0) is 55.4 Å². The lowest BCUT2D eigenvalue weighted by Crippen LogP contribution is -2.42. The first-order chi connectivity index (χ1) is 15.7. The van der Waals surface area contributed by atoms with Crippen LogP contribution >= 0.6 is 0 Å². The fourth-order valence-electron chi connectivity index (χ4n) is 4.89. The third-order valence-corrected chi connectivity index (χ3v) is 6.65. The molecule has 0 spiro atoms. The minimum atomic E-state index is -0.282. The molecule has 5 nitrogen and oxygen atoms in total. The Labute approximate surface area is 187 Å². The van der Waals surface area contributed by atoms with Gasteiger partial charge in [0.2, 0.25) is 5.91 Å². The van der Waals surface area contributed by atoms with E-state index in [0.29, 0.717) is 5.69 Å². The second-order valence-electron chi connectivity index (χ2n) is 8.69. The van der Waals surface area contributed by atoms with E-state index in [-0.39, 0.29) is 23.7 Å². The van der Waals surface area contributed by atoms with Crippen LogP contribution < -0.4 is 10.2 Å². The number of piperidine rings is 1. The number of hydrogen-bond donors (Lipinski definition) is 1. The van der Waals surface area contributed by atoms with E-state index in [1.165, 1.54) is 29.6 Å². The van der Waals surface area contributed by atoms with Gasteiger partial charge in [0.05, 0.1) is 11.7 Å². The highest BCUT2D eigenvalue weighted by Gasteiger charge is 2.29. The summed E-state index contributed by atoms with van der Waals surface area (Å²) in [5.74, 6) is 0.716. The molecule has 1 aliphatic heterocycles. The van der Waals surface area contributed by atoms with Crippen LogP contribution in [0.4, 0.5) is 10.2 Å². The molecular formula is C26H27FN4O. The summed E-state index contributed by atoms with van der Waals surface area (Å²) < 4.78 is 13.6. The summed E-state index contributed by atoms with van der Waals surface area (Å²) >= 11 is 0. The van der Waals surface area contributed by atoms with Gasteiger partial charge in [-0.1, -0.05) is 36.4 Å². The summed E-state index contributed by atoms with van der Waals surface area (Å²) in [5, 5.41) is 3.32. The molecule has 1 saturated heterocycles. The molecule has 1 aliphatic carbocycles. The number of nitrogens with one attached hydrogen (secondary N) is 1. The molecule has 3 aromatic rings. The summed E-state index contributed by atoms with van der Waals surface area (Å²) in [6.45, 7) is 1.53. The number of carbonyl (C=O) groups excluding carboxylic acids is 1. The fraction of sp³-hybridized carbons (Fsp3) is 0.346. The van der Waals surface area contributed by atoms with Crippen molar-refractivity contribution >= 4 is 11.7 Å². The first-order valence-electron chi connectivity index (χ1n) is 11.4. The largest absolute Gasteiger partial charge is 0.356 e. The molecule has 2 aromatic carbocycles. The zero-order valence-corrected chi connectivity index (χ0v) is 18.0. The van der Waals surface area contributed by atoms with Crippen molar-refractivity contribution in [2.45, 2.75) is 38.1 Å². The van der Waals surface area contributed by atoms with Crippen molar-refractivity contribution in [3.63, 3.8) is 0 Å². The van der Waals surface area contributed by atoms with Crippen molar-refractivity contribution in [3.05, 3.63) is 77.9 Å².